The van der Waals surface area contributed by atoms with Gasteiger partial charge in [0.1, 0.15) is 5.75 Å². The summed E-state index contributed by atoms with van der Waals surface area (Å²) < 4.78 is 5.48. The first-order valence-electron chi connectivity index (χ1n) is 9.07. The van der Waals surface area contributed by atoms with E-state index in [1.54, 1.807) is 14.2 Å². The Morgan fingerprint density at radius 3 is 2.74 bits per heavy atom. The quantitative estimate of drug-likeness (QED) is 0.631. The van der Waals surface area contributed by atoms with Gasteiger partial charge in [-0.3, -0.25) is 4.99 Å². The smallest absolute Gasteiger partial charge is 0.191 e. The highest BCUT2D eigenvalue weighted by Crippen LogP contribution is 2.30. The van der Waals surface area contributed by atoms with Crippen LogP contribution in [0.3, 0.4) is 0 Å². The van der Waals surface area contributed by atoms with Crippen LogP contribution in [0.5, 0.6) is 5.75 Å². The molecule has 1 aliphatic rings. The summed E-state index contributed by atoms with van der Waals surface area (Å²) in [4.78, 5) is 6.67. The van der Waals surface area contributed by atoms with E-state index in [-0.39, 0.29) is 0 Å². The van der Waals surface area contributed by atoms with E-state index in [4.69, 9.17) is 10.00 Å². The minimum Gasteiger partial charge on any atom is -0.495 e. The van der Waals surface area contributed by atoms with Crippen LogP contribution in [0.25, 0.3) is 0 Å². The van der Waals surface area contributed by atoms with Gasteiger partial charge in [0.15, 0.2) is 5.96 Å². The second-order valence-electron chi connectivity index (χ2n) is 6.48. The summed E-state index contributed by atoms with van der Waals surface area (Å²) in [5.41, 5.74) is 2.91. The maximum Gasteiger partial charge on any atom is 0.191 e. The molecule has 1 aliphatic heterocycles. The lowest BCUT2D eigenvalue weighted by Gasteiger charge is -2.22. The molecule has 0 bridgehead atoms. The number of hydrogen-bond acceptors (Lipinski definition) is 4. The lowest BCUT2D eigenvalue weighted by Crippen LogP contribution is -2.44. The molecule has 2 N–H and O–H groups in total. The zero-order valence-corrected chi connectivity index (χ0v) is 15.8. The Morgan fingerprint density at radius 2 is 2.04 bits per heavy atom. The highest BCUT2D eigenvalue weighted by atomic mass is 16.5. The number of benzene rings is 2. The third kappa shape index (κ3) is 4.70. The molecule has 1 unspecified atom stereocenters. The van der Waals surface area contributed by atoms with Crippen LogP contribution in [0, 0.1) is 11.3 Å². The number of nitrogens with one attached hydrogen (secondary N) is 2. The molecule has 0 radical (unpaired) electrons. The number of aliphatic imine (C=N–C) groups is 1. The van der Waals surface area contributed by atoms with Gasteiger partial charge >= 0.3 is 0 Å². The molecular weight excluding hydrogens is 338 g/mol. The van der Waals surface area contributed by atoms with Crippen molar-refractivity contribution in [1.29, 1.82) is 5.26 Å². The fourth-order valence-electron chi connectivity index (χ4n) is 3.26. The van der Waals surface area contributed by atoms with Crippen LogP contribution in [-0.2, 0) is 6.54 Å². The van der Waals surface area contributed by atoms with E-state index in [9.17, 15) is 0 Å². The topological polar surface area (TPSA) is 72.7 Å². The maximum atomic E-state index is 8.87. The minimum absolute atomic E-state index is 0.321. The van der Waals surface area contributed by atoms with E-state index >= 15 is 0 Å². The maximum absolute atomic E-state index is 8.87. The molecule has 1 heterocycles. The normalized spacial score (nSPS) is 16.7. The van der Waals surface area contributed by atoms with Crippen LogP contribution >= 0.6 is 0 Å². The van der Waals surface area contributed by atoms with E-state index in [1.807, 2.05) is 42.5 Å². The monoisotopic (exact) mass is 363 g/mol. The van der Waals surface area contributed by atoms with Crippen molar-refractivity contribution < 1.29 is 4.74 Å². The molecule has 6 nitrogen and oxygen atoms in total. The van der Waals surface area contributed by atoms with Gasteiger partial charge < -0.3 is 20.3 Å². The zero-order valence-electron chi connectivity index (χ0n) is 15.8. The molecule has 0 aliphatic carbocycles. The average molecular weight is 363 g/mol. The Morgan fingerprint density at radius 1 is 1.26 bits per heavy atom. The predicted molar refractivity (Wildman–Crippen MR) is 108 cm³/mol. The van der Waals surface area contributed by atoms with Crippen molar-refractivity contribution in [2.24, 2.45) is 4.99 Å². The molecule has 2 aromatic rings. The second kappa shape index (κ2) is 8.95. The van der Waals surface area contributed by atoms with Crippen LogP contribution in [-0.4, -0.2) is 39.2 Å². The molecule has 1 atom stereocenters. The van der Waals surface area contributed by atoms with Crippen molar-refractivity contribution in [3.8, 4) is 11.8 Å². The van der Waals surface area contributed by atoms with E-state index in [2.05, 4.69) is 32.7 Å². The SMILES string of the molecule is CN=C(NCc1ccc(C#N)cc1)NC1CCN(c2ccccc2OC)C1. The zero-order chi connectivity index (χ0) is 19.1. The summed E-state index contributed by atoms with van der Waals surface area (Å²) >= 11 is 0. The van der Waals surface area contributed by atoms with Crippen molar-refractivity contribution in [3.05, 3.63) is 59.7 Å². The van der Waals surface area contributed by atoms with Gasteiger partial charge in [0.05, 0.1) is 24.4 Å². The fraction of sp³-hybridized carbons (Fsp3) is 0.333. The van der Waals surface area contributed by atoms with Crippen LogP contribution in [0.1, 0.15) is 17.5 Å². The summed E-state index contributed by atoms with van der Waals surface area (Å²) in [7, 11) is 3.49. The third-order valence-corrected chi connectivity index (χ3v) is 4.72. The number of anilines is 1. The molecule has 0 amide bonds. The van der Waals surface area contributed by atoms with Crippen LogP contribution < -0.4 is 20.3 Å². The first-order chi connectivity index (χ1) is 13.2. The van der Waals surface area contributed by atoms with Gasteiger partial charge in [0.25, 0.3) is 0 Å². The molecule has 0 spiro atoms. The number of hydrogen-bond donors (Lipinski definition) is 2. The van der Waals surface area contributed by atoms with Gasteiger partial charge in [-0.2, -0.15) is 5.26 Å². The van der Waals surface area contributed by atoms with Crippen molar-refractivity contribution >= 4 is 11.6 Å². The molecule has 6 heteroatoms. The van der Waals surface area contributed by atoms with Crippen LogP contribution in [0.15, 0.2) is 53.5 Å². The molecule has 0 saturated carbocycles. The summed E-state index contributed by atoms with van der Waals surface area (Å²) in [6.45, 7) is 2.54. The first-order valence-corrected chi connectivity index (χ1v) is 9.07. The molecule has 2 aromatic carbocycles. The van der Waals surface area contributed by atoms with E-state index in [0.29, 0.717) is 18.2 Å². The van der Waals surface area contributed by atoms with Gasteiger partial charge in [-0.1, -0.05) is 24.3 Å². The Hall–Kier alpha value is -3.20. The number of ether oxygens (including phenoxy) is 1. The third-order valence-electron chi connectivity index (χ3n) is 4.72. The number of methoxy groups -OCH3 is 1. The lowest BCUT2D eigenvalue weighted by molar-refractivity contribution is 0.415. The number of nitriles is 1. The van der Waals surface area contributed by atoms with Crippen molar-refractivity contribution in [3.63, 3.8) is 0 Å². The Bertz CT molecular complexity index is 825. The van der Waals surface area contributed by atoms with Gasteiger partial charge in [-0.25, -0.2) is 0 Å². The summed E-state index contributed by atoms with van der Waals surface area (Å²) in [6.07, 6.45) is 1.04. The highest BCUT2D eigenvalue weighted by Gasteiger charge is 2.25. The first kappa shape index (κ1) is 18.6. The molecule has 0 aromatic heterocycles. The fourth-order valence-corrected chi connectivity index (χ4v) is 3.26. The Kier molecular flexibility index (Phi) is 6.16. The number of nitrogens with zero attached hydrogens (tertiary/aromatic N) is 3. The minimum atomic E-state index is 0.321. The number of para-hydroxylation sites is 2. The Labute approximate surface area is 160 Å². The van der Waals surface area contributed by atoms with Gasteiger partial charge in [0.2, 0.25) is 0 Å². The predicted octanol–water partition coefficient (Wildman–Crippen LogP) is 2.51. The molecule has 1 fully saturated rings. The number of rotatable bonds is 5. The molecule has 27 heavy (non-hydrogen) atoms. The summed E-state index contributed by atoms with van der Waals surface area (Å²) in [6, 6.07) is 18.1. The van der Waals surface area contributed by atoms with E-state index in [0.717, 1.165) is 42.5 Å². The largest absolute Gasteiger partial charge is 0.495 e. The molecule has 140 valence electrons. The molecule has 3 rings (SSSR count). The molecule has 1 saturated heterocycles. The van der Waals surface area contributed by atoms with Crippen LogP contribution in [0.2, 0.25) is 0 Å². The van der Waals surface area contributed by atoms with Gasteiger partial charge in [-0.15, -0.1) is 0 Å². The Balaban J connectivity index is 1.54. The molecular formula is C21H25N5O. The van der Waals surface area contributed by atoms with E-state index in [1.165, 1.54) is 0 Å². The summed E-state index contributed by atoms with van der Waals surface area (Å²) in [5.74, 6) is 1.69. The number of guanidine groups is 1. The lowest BCUT2D eigenvalue weighted by atomic mass is 10.1. The van der Waals surface area contributed by atoms with Crippen molar-refractivity contribution in [1.82, 2.24) is 10.6 Å². The standard InChI is InChI=1S/C21H25N5O/c1-23-21(24-14-17-9-7-16(13-22)8-10-17)25-18-11-12-26(15-18)19-5-3-4-6-20(19)27-2/h3-10,18H,11-12,14-15H2,1-2H3,(H2,23,24,25). The average Bonchev–Trinajstić information content (AvgIpc) is 3.19. The van der Waals surface area contributed by atoms with Crippen LogP contribution in [0.4, 0.5) is 5.69 Å². The summed E-state index contributed by atoms with van der Waals surface area (Å²) in [5, 5.41) is 15.7. The van der Waals surface area contributed by atoms with Gasteiger partial charge in [-0.05, 0) is 36.2 Å². The van der Waals surface area contributed by atoms with E-state index < -0.39 is 0 Å². The second-order valence-corrected chi connectivity index (χ2v) is 6.48. The highest BCUT2D eigenvalue weighted by molar-refractivity contribution is 5.80. The van der Waals surface area contributed by atoms with Crippen molar-refractivity contribution in [2.45, 2.75) is 19.0 Å². The van der Waals surface area contributed by atoms with Crippen molar-refractivity contribution in [2.75, 3.05) is 32.1 Å². The van der Waals surface area contributed by atoms with Gasteiger partial charge in [0, 0.05) is 32.7 Å².